The number of benzene rings is 2. The average molecular weight is 575 g/mol. The summed E-state index contributed by atoms with van der Waals surface area (Å²) in [5.41, 5.74) is 1.67. The fourth-order valence-electron chi connectivity index (χ4n) is 4.54. The number of cyclic esters (lactones) is 1. The summed E-state index contributed by atoms with van der Waals surface area (Å²) < 4.78 is 32.7. The molecule has 3 aromatic rings. The summed E-state index contributed by atoms with van der Waals surface area (Å²) in [4.78, 5) is 18.8. The van der Waals surface area contributed by atoms with Crippen LogP contribution in [0.1, 0.15) is 58.6 Å². The van der Waals surface area contributed by atoms with Crippen LogP contribution in [0.2, 0.25) is 0 Å². The maximum atomic E-state index is 13.4. The first-order chi connectivity index (χ1) is 17.7. The highest BCUT2D eigenvalue weighted by Crippen LogP contribution is 2.46. The fourth-order valence-corrected chi connectivity index (χ4v) is 7.52. The highest BCUT2D eigenvalue weighted by atomic mass is 32.2. The second kappa shape index (κ2) is 10.5. The number of hydrogen-bond acceptors (Lipinski definition) is 8. The van der Waals surface area contributed by atoms with Gasteiger partial charge in [0.05, 0.1) is 16.5 Å². The summed E-state index contributed by atoms with van der Waals surface area (Å²) >= 11 is 2.41. The van der Waals surface area contributed by atoms with E-state index in [1.165, 1.54) is 23.1 Å². The van der Waals surface area contributed by atoms with Crippen molar-refractivity contribution in [3.8, 4) is 0 Å². The first-order valence-corrected chi connectivity index (χ1v) is 16.0. The van der Waals surface area contributed by atoms with E-state index < -0.39 is 21.6 Å². The van der Waals surface area contributed by atoms with Gasteiger partial charge in [-0.3, -0.25) is 4.72 Å². The predicted molar refractivity (Wildman–Crippen MR) is 155 cm³/mol. The third-order valence-electron chi connectivity index (χ3n) is 6.72. The van der Waals surface area contributed by atoms with Crippen molar-refractivity contribution < 1.29 is 23.1 Å². The number of thioether (sulfide) groups is 1. The largest absolute Gasteiger partial charge is 0.511 e. The van der Waals surface area contributed by atoms with Gasteiger partial charge in [-0.25, -0.2) is 18.2 Å². The zero-order valence-corrected chi connectivity index (χ0v) is 24.9. The number of anilines is 1. The second-order valence-corrected chi connectivity index (χ2v) is 14.9. The number of rotatable bonds is 8. The van der Waals surface area contributed by atoms with Gasteiger partial charge in [0, 0.05) is 11.3 Å². The zero-order chi connectivity index (χ0) is 27.9. The Morgan fingerprint density at radius 3 is 2.47 bits per heavy atom. The molecule has 7 nitrogen and oxygen atoms in total. The molecule has 0 saturated heterocycles. The van der Waals surface area contributed by atoms with Crippen LogP contribution in [0, 0.1) is 5.92 Å². The van der Waals surface area contributed by atoms with Crippen molar-refractivity contribution in [1.82, 2.24) is 4.98 Å². The number of fused-ring (bicyclic) bond motifs is 1. The highest BCUT2D eigenvalue weighted by molar-refractivity contribution is 8.04. The van der Waals surface area contributed by atoms with Crippen molar-refractivity contribution >= 4 is 54.4 Å². The molecule has 2 N–H and O–H groups in total. The van der Waals surface area contributed by atoms with Crippen molar-refractivity contribution in [1.29, 1.82) is 0 Å². The van der Waals surface area contributed by atoms with E-state index in [0.29, 0.717) is 11.9 Å². The molecule has 1 atom stereocenters. The van der Waals surface area contributed by atoms with Crippen LogP contribution in [0.4, 0.5) is 5.13 Å². The van der Waals surface area contributed by atoms with E-state index in [2.05, 4.69) is 42.6 Å². The number of aryl methyl sites for hydroxylation is 1. The van der Waals surface area contributed by atoms with Gasteiger partial charge in [-0.2, -0.15) is 0 Å². The fraction of sp³-hybridized carbons (Fsp3) is 0.429. The van der Waals surface area contributed by atoms with E-state index in [9.17, 15) is 18.3 Å². The van der Waals surface area contributed by atoms with Gasteiger partial charge >= 0.3 is 5.97 Å². The lowest BCUT2D eigenvalue weighted by Crippen LogP contribution is -2.44. The third-order valence-corrected chi connectivity index (χ3v) is 9.52. The maximum absolute atomic E-state index is 13.4. The van der Waals surface area contributed by atoms with Crippen LogP contribution in [-0.4, -0.2) is 36.3 Å². The molecule has 38 heavy (non-hydrogen) atoms. The number of ether oxygens (including phenoxy) is 1. The molecule has 0 amide bonds. The monoisotopic (exact) mass is 574 g/mol. The summed E-state index contributed by atoms with van der Waals surface area (Å²) in [6, 6.07) is 13.9. The Balaban J connectivity index is 1.67. The molecule has 0 fully saturated rings. The molecule has 204 valence electrons. The molecular formula is C28H34N2O5S3. The Labute approximate surface area is 232 Å². The molecule has 2 heterocycles. The molecule has 1 aromatic heterocycles. The van der Waals surface area contributed by atoms with Gasteiger partial charge in [0.1, 0.15) is 16.3 Å². The van der Waals surface area contributed by atoms with Gasteiger partial charge in [-0.05, 0) is 47.4 Å². The lowest BCUT2D eigenvalue weighted by Gasteiger charge is -2.40. The van der Waals surface area contributed by atoms with Crippen LogP contribution in [0.5, 0.6) is 0 Å². The number of esters is 1. The van der Waals surface area contributed by atoms with Crippen LogP contribution in [0.25, 0.3) is 10.2 Å². The molecule has 4 rings (SSSR count). The van der Waals surface area contributed by atoms with Crippen molar-refractivity contribution in [3.63, 3.8) is 0 Å². The first kappa shape index (κ1) is 28.4. The standard InChI is InChI=1S/C28H34N2O5S3/c1-17(2)28(13-12-18-10-8-7-9-11-18)16-21(31)24(25(32)35-28)36-22-15-23-20(14-19(22)27(3,4)5)29-26(37-23)30-38(6,33)34/h7-11,14-15,17,31H,12-13,16H2,1-6H3,(H,29,30)/t28-/m0/s1. The lowest BCUT2D eigenvalue weighted by molar-refractivity contribution is -0.164. The van der Waals surface area contributed by atoms with Gasteiger partial charge < -0.3 is 9.84 Å². The SMILES string of the molecule is CC(C)[C@]1(CCc2ccccc2)CC(O)=C(Sc2cc3sc(NS(C)(=O)=O)nc3cc2C(C)(C)C)C(=O)O1. The van der Waals surface area contributed by atoms with Crippen molar-refractivity contribution in [2.45, 2.75) is 69.8 Å². The summed E-state index contributed by atoms with van der Waals surface area (Å²) in [5.74, 6) is -0.468. The quantitative estimate of drug-likeness (QED) is 0.285. The van der Waals surface area contributed by atoms with E-state index in [4.69, 9.17) is 4.74 Å². The normalized spacial score (nSPS) is 18.8. The number of nitrogens with zero attached hydrogens (tertiary/aromatic N) is 1. The van der Waals surface area contributed by atoms with Crippen molar-refractivity contribution in [2.24, 2.45) is 5.92 Å². The Morgan fingerprint density at radius 1 is 1.21 bits per heavy atom. The Bertz CT molecular complexity index is 1490. The summed E-state index contributed by atoms with van der Waals surface area (Å²) in [7, 11) is -3.46. The highest BCUT2D eigenvalue weighted by Gasteiger charge is 2.44. The van der Waals surface area contributed by atoms with Crippen LogP contribution in [0.15, 0.2) is 58.0 Å². The Hall–Kier alpha value is -2.56. The summed E-state index contributed by atoms with van der Waals surface area (Å²) in [6.07, 6.45) is 2.68. The van der Waals surface area contributed by atoms with Crippen LogP contribution >= 0.6 is 23.1 Å². The number of sulfonamides is 1. The van der Waals surface area contributed by atoms with Crippen LogP contribution < -0.4 is 4.72 Å². The van der Waals surface area contributed by atoms with Crippen LogP contribution in [0.3, 0.4) is 0 Å². The number of hydrogen-bond donors (Lipinski definition) is 2. The molecular weight excluding hydrogens is 541 g/mol. The zero-order valence-electron chi connectivity index (χ0n) is 22.5. The minimum Gasteiger partial charge on any atom is -0.511 e. The van der Waals surface area contributed by atoms with Gasteiger partial charge in [-0.15, -0.1) is 0 Å². The minimum absolute atomic E-state index is 0.0170. The first-order valence-electron chi connectivity index (χ1n) is 12.5. The van der Waals surface area contributed by atoms with E-state index in [0.717, 1.165) is 33.4 Å². The van der Waals surface area contributed by atoms with Crippen molar-refractivity contribution in [3.05, 3.63) is 64.3 Å². The van der Waals surface area contributed by atoms with Crippen molar-refractivity contribution in [2.75, 3.05) is 11.0 Å². The number of carbonyl (C=O) groups excluding carboxylic acids is 1. The van der Waals surface area contributed by atoms with Crippen LogP contribution in [-0.2, 0) is 31.4 Å². The number of aliphatic hydroxyl groups excluding tert-OH is 1. The molecule has 0 radical (unpaired) electrons. The molecule has 0 spiro atoms. The lowest BCUT2D eigenvalue weighted by atomic mass is 9.80. The number of carbonyl (C=O) groups is 1. The molecule has 0 saturated carbocycles. The molecule has 1 aliphatic heterocycles. The maximum Gasteiger partial charge on any atom is 0.349 e. The van der Waals surface area contributed by atoms with Gasteiger partial charge in [0.2, 0.25) is 10.0 Å². The van der Waals surface area contributed by atoms with E-state index in [1.54, 1.807) is 0 Å². The van der Waals surface area contributed by atoms with E-state index >= 15 is 0 Å². The number of aliphatic hydroxyl groups is 1. The number of thiazole rings is 1. The predicted octanol–water partition coefficient (Wildman–Crippen LogP) is 6.80. The Morgan fingerprint density at radius 2 is 1.89 bits per heavy atom. The van der Waals surface area contributed by atoms with Gasteiger partial charge in [-0.1, -0.05) is 88.0 Å². The van der Waals surface area contributed by atoms with E-state index in [-0.39, 0.29) is 33.5 Å². The average Bonchev–Trinajstić information content (AvgIpc) is 3.19. The minimum atomic E-state index is -3.46. The molecule has 0 bridgehead atoms. The number of aromatic nitrogens is 1. The topological polar surface area (TPSA) is 106 Å². The molecule has 10 heteroatoms. The summed E-state index contributed by atoms with van der Waals surface area (Å²) in [5, 5.41) is 11.5. The molecule has 0 unspecified atom stereocenters. The van der Waals surface area contributed by atoms with Gasteiger partial charge in [0.25, 0.3) is 0 Å². The summed E-state index contributed by atoms with van der Waals surface area (Å²) in [6.45, 7) is 10.2. The second-order valence-electron chi connectivity index (χ2n) is 11.1. The number of nitrogens with one attached hydrogen (secondary N) is 1. The smallest absolute Gasteiger partial charge is 0.349 e. The third kappa shape index (κ3) is 6.35. The molecule has 1 aliphatic rings. The molecule has 2 aromatic carbocycles. The Kier molecular flexibility index (Phi) is 7.89. The van der Waals surface area contributed by atoms with Gasteiger partial charge in [0.15, 0.2) is 5.13 Å². The molecule has 0 aliphatic carbocycles. The van der Waals surface area contributed by atoms with E-state index in [1.807, 2.05) is 44.2 Å².